The van der Waals surface area contributed by atoms with E-state index >= 15 is 0 Å². The maximum absolute atomic E-state index is 12.4. The van der Waals surface area contributed by atoms with Crippen LogP contribution in [-0.2, 0) is 11.3 Å². The Hall–Kier alpha value is -4.30. The number of amides is 2. The highest BCUT2D eigenvalue weighted by Gasteiger charge is 2.08. The van der Waals surface area contributed by atoms with E-state index < -0.39 is 0 Å². The van der Waals surface area contributed by atoms with Crippen molar-refractivity contribution in [2.45, 2.75) is 13.5 Å². The minimum absolute atomic E-state index is 0.134. The number of carbonyl (C=O) groups is 2. The number of halogens is 1. The zero-order valence-corrected chi connectivity index (χ0v) is 21.3. The Balaban J connectivity index is 0.000000352. The molecule has 0 atom stereocenters. The van der Waals surface area contributed by atoms with Crippen LogP contribution >= 0.6 is 11.6 Å². The first-order valence-corrected chi connectivity index (χ1v) is 11.4. The van der Waals surface area contributed by atoms with E-state index in [2.05, 4.69) is 27.6 Å². The van der Waals surface area contributed by atoms with Gasteiger partial charge in [0.1, 0.15) is 5.75 Å². The van der Waals surface area contributed by atoms with Gasteiger partial charge in [0.2, 0.25) is 6.41 Å². The van der Waals surface area contributed by atoms with Crippen LogP contribution in [0.15, 0.2) is 96.5 Å². The molecule has 1 heterocycles. The molecule has 0 saturated carbocycles. The number of anilines is 1. The standard InChI is InChI=1S/C19H20N4O2.C8H10ClNO/c1-20-16-12-22-23(13-16)17-7-4-6-15(10-17)19(24)21-11-14-5-3-8-18(9-14)25-2;1-3-5-7(9)8(4-2)10-6-11/h3-10,12-13,20H,11H2,1-2H3,(H,21,24);3-6H,2H2,1H3,(H,10,11)/b;5-3-,8-7-. The molecule has 2 amide bonds. The van der Waals surface area contributed by atoms with Gasteiger partial charge in [-0.1, -0.05) is 42.5 Å². The fraction of sp³-hybridized carbons (Fsp3) is 0.148. The summed E-state index contributed by atoms with van der Waals surface area (Å²) in [5, 5.41) is 13.1. The molecule has 3 rings (SSSR count). The minimum Gasteiger partial charge on any atom is -0.497 e. The Labute approximate surface area is 216 Å². The summed E-state index contributed by atoms with van der Waals surface area (Å²) in [6.45, 7) is 5.76. The molecule has 0 fully saturated rings. The quantitative estimate of drug-likeness (QED) is 0.270. The largest absolute Gasteiger partial charge is 0.497 e. The third kappa shape index (κ3) is 8.48. The third-order valence-corrected chi connectivity index (χ3v) is 5.15. The molecule has 3 aromatic rings. The van der Waals surface area contributed by atoms with Crippen molar-refractivity contribution in [2.24, 2.45) is 0 Å². The number of hydrogen-bond donors (Lipinski definition) is 3. The van der Waals surface area contributed by atoms with E-state index in [1.807, 2.05) is 62.6 Å². The molecule has 1 aromatic heterocycles. The van der Waals surface area contributed by atoms with Crippen molar-refractivity contribution in [2.75, 3.05) is 19.5 Å². The molecule has 0 aliphatic carbocycles. The Morgan fingerprint density at radius 2 is 2.00 bits per heavy atom. The van der Waals surface area contributed by atoms with Gasteiger partial charge in [0.15, 0.2) is 0 Å². The first kappa shape index (κ1) is 27.9. The van der Waals surface area contributed by atoms with E-state index in [1.54, 1.807) is 36.2 Å². The Morgan fingerprint density at radius 3 is 2.64 bits per heavy atom. The molecule has 188 valence electrons. The predicted octanol–water partition coefficient (Wildman–Crippen LogP) is 4.80. The van der Waals surface area contributed by atoms with Crippen molar-refractivity contribution in [1.29, 1.82) is 0 Å². The zero-order valence-electron chi connectivity index (χ0n) is 20.5. The van der Waals surface area contributed by atoms with Crippen LogP contribution < -0.4 is 20.7 Å². The van der Waals surface area contributed by atoms with Crippen molar-refractivity contribution < 1.29 is 14.3 Å². The molecule has 9 heteroatoms. The van der Waals surface area contributed by atoms with E-state index in [0.717, 1.165) is 22.7 Å². The number of nitrogens with one attached hydrogen (secondary N) is 3. The molecule has 2 aromatic carbocycles. The SMILES string of the molecule is C=C/C(NC=O)=C(Cl)\C=C/C.CNc1cnn(-c2cccc(C(=O)NCc3cccc(OC)c3)c2)c1. The molecule has 0 unspecified atom stereocenters. The van der Waals surface area contributed by atoms with Gasteiger partial charge in [-0.3, -0.25) is 9.59 Å². The fourth-order valence-corrected chi connectivity index (χ4v) is 3.23. The number of rotatable bonds is 10. The second-order valence-corrected chi connectivity index (χ2v) is 7.64. The molecule has 3 N–H and O–H groups in total. The van der Waals surface area contributed by atoms with Crippen molar-refractivity contribution >= 4 is 29.6 Å². The maximum atomic E-state index is 12.4. The average Bonchev–Trinajstić information content (AvgIpc) is 3.40. The van der Waals surface area contributed by atoms with Crippen molar-refractivity contribution in [3.8, 4) is 11.4 Å². The lowest BCUT2D eigenvalue weighted by Crippen LogP contribution is -2.22. The van der Waals surface area contributed by atoms with Gasteiger partial charge in [0, 0.05) is 19.2 Å². The Morgan fingerprint density at radius 1 is 1.22 bits per heavy atom. The number of allylic oxidation sites excluding steroid dienone is 4. The highest BCUT2D eigenvalue weighted by Crippen LogP contribution is 2.15. The van der Waals surface area contributed by atoms with Crippen LogP contribution in [0.4, 0.5) is 5.69 Å². The van der Waals surface area contributed by atoms with Crippen LogP contribution in [0.2, 0.25) is 0 Å². The highest BCUT2D eigenvalue weighted by atomic mass is 35.5. The lowest BCUT2D eigenvalue weighted by molar-refractivity contribution is -0.108. The van der Waals surface area contributed by atoms with Crippen LogP contribution in [0.5, 0.6) is 5.75 Å². The van der Waals surface area contributed by atoms with Gasteiger partial charge in [-0.15, -0.1) is 0 Å². The van der Waals surface area contributed by atoms with E-state index in [9.17, 15) is 9.59 Å². The molecular weight excluding hydrogens is 478 g/mol. The number of benzene rings is 2. The van der Waals surface area contributed by atoms with E-state index in [4.69, 9.17) is 16.3 Å². The summed E-state index contributed by atoms with van der Waals surface area (Å²) in [5.41, 5.74) is 3.82. The molecular formula is C27H30ClN5O3. The number of nitrogens with zero attached hydrogens (tertiary/aromatic N) is 2. The van der Waals surface area contributed by atoms with Crippen LogP contribution in [0.25, 0.3) is 5.69 Å². The van der Waals surface area contributed by atoms with E-state index in [1.165, 1.54) is 6.08 Å². The van der Waals surface area contributed by atoms with Gasteiger partial charge >= 0.3 is 0 Å². The summed E-state index contributed by atoms with van der Waals surface area (Å²) in [7, 11) is 3.46. The number of aromatic nitrogens is 2. The topological polar surface area (TPSA) is 97.3 Å². The Kier molecular flexibility index (Phi) is 11.5. The van der Waals surface area contributed by atoms with Gasteiger partial charge in [-0.25, -0.2) is 4.68 Å². The van der Waals surface area contributed by atoms with Crippen LogP contribution in [0.1, 0.15) is 22.8 Å². The Bertz CT molecular complexity index is 1230. The van der Waals surface area contributed by atoms with Crippen molar-refractivity contribution in [3.05, 3.63) is 108 Å². The van der Waals surface area contributed by atoms with Crippen molar-refractivity contribution in [1.82, 2.24) is 20.4 Å². The minimum atomic E-state index is -0.134. The molecule has 36 heavy (non-hydrogen) atoms. The first-order chi connectivity index (χ1) is 17.4. The number of carbonyl (C=O) groups excluding carboxylic acids is 2. The molecule has 0 saturated heterocycles. The zero-order chi connectivity index (χ0) is 26.3. The monoisotopic (exact) mass is 507 g/mol. The molecule has 0 bridgehead atoms. The predicted molar refractivity (Wildman–Crippen MR) is 144 cm³/mol. The van der Waals surface area contributed by atoms with Gasteiger partial charge in [0.25, 0.3) is 5.91 Å². The molecule has 0 radical (unpaired) electrons. The van der Waals surface area contributed by atoms with Gasteiger partial charge in [-0.2, -0.15) is 5.10 Å². The molecule has 0 spiro atoms. The van der Waals surface area contributed by atoms with Crippen LogP contribution in [0, 0.1) is 0 Å². The summed E-state index contributed by atoms with van der Waals surface area (Å²) >= 11 is 5.73. The summed E-state index contributed by atoms with van der Waals surface area (Å²) in [4.78, 5) is 22.4. The summed E-state index contributed by atoms with van der Waals surface area (Å²) in [6.07, 6.45) is 9.09. The van der Waals surface area contributed by atoms with E-state index in [-0.39, 0.29) is 5.91 Å². The fourth-order valence-electron chi connectivity index (χ4n) is 2.97. The summed E-state index contributed by atoms with van der Waals surface area (Å²) in [5.74, 6) is 0.637. The van der Waals surface area contributed by atoms with Gasteiger partial charge < -0.3 is 20.7 Å². The molecule has 8 nitrogen and oxygen atoms in total. The highest BCUT2D eigenvalue weighted by molar-refractivity contribution is 6.31. The number of methoxy groups -OCH3 is 1. The van der Waals surface area contributed by atoms with Gasteiger partial charge in [0.05, 0.1) is 41.6 Å². The van der Waals surface area contributed by atoms with Crippen LogP contribution in [-0.4, -0.2) is 36.3 Å². The van der Waals surface area contributed by atoms with Crippen LogP contribution in [0.3, 0.4) is 0 Å². The second-order valence-electron chi connectivity index (χ2n) is 7.24. The smallest absolute Gasteiger partial charge is 0.251 e. The number of hydrogen-bond acceptors (Lipinski definition) is 5. The van der Waals surface area contributed by atoms with E-state index in [0.29, 0.717) is 29.2 Å². The van der Waals surface area contributed by atoms with Crippen molar-refractivity contribution in [3.63, 3.8) is 0 Å². The lowest BCUT2D eigenvalue weighted by Gasteiger charge is -2.08. The molecule has 0 aliphatic rings. The summed E-state index contributed by atoms with van der Waals surface area (Å²) < 4.78 is 6.92. The second kappa shape index (κ2) is 14.9. The average molecular weight is 508 g/mol. The lowest BCUT2D eigenvalue weighted by atomic mass is 10.1. The molecule has 0 aliphatic heterocycles. The summed E-state index contributed by atoms with van der Waals surface area (Å²) in [6, 6.07) is 15.0. The first-order valence-electron chi connectivity index (χ1n) is 11.0. The third-order valence-electron chi connectivity index (χ3n) is 4.82. The van der Waals surface area contributed by atoms with Gasteiger partial charge in [-0.05, 0) is 55.0 Å². The normalized spacial score (nSPS) is 11.0. The number of ether oxygens (including phenoxy) is 1. The maximum Gasteiger partial charge on any atom is 0.251 e.